The van der Waals surface area contributed by atoms with Crippen molar-refractivity contribution in [3.8, 4) is 0 Å². The van der Waals surface area contributed by atoms with E-state index in [0.29, 0.717) is 18.8 Å². The maximum absolute atomic E-state index is 12.6. The minimum absolute atomic E-state index is 0.0126. The molecule has 2 amide bonds. The van der Waals surface area contributed by atoms with E-state index in [9.17, 15) is 9.59 Å². The summed E-state index contributed by atoms with van der Waals surface area (Å²) in [6.45, 7) is 8.96. The van der Waals surface area contributed by atoms with Gasteiger partial charge in [-0.1, -0.05) is 40.2 Å². The van der Waals surface area contributed by atoms with Gasteiger partial charge in [-0.15, -0.1) is 11.3 Å². The highest BCUT2D eigenvalue weighted by Crippen LogP contribution is 2.23. The van der Waals surface area contributed by atoms with E-state index >= 15 is 0 Å². The Bertz CT molecular complexity index is 760. The number of nitrogens with one attached hydrogen (secondary N) is 1. The van der Waals surface area contributed by atoms with Crippen LogP contribution in [0, 0.1) is 0 Å². The summed E-state index contributed by atoms with van der Waals surface area (Å²) in [4.78, 5) is 27.9. The number of hydrogen-bond acceptors (Lipinski definition) is 4. The van der Waals surface area contributed by atoms with E-state index in [0.717, 1.165) is 23.4 Å². The van der Waals surface area contributed by atoms with Crippen LogP contribution in [0.5, 0.6) is 0 Å². The van der Waals surface area contributed by atoms with E-state index in [-0.39, 0.29) is 23.8 Å². The fourth-order valence-corrected chi connectivity index (χ4v) is 3.32. The molecule has 1 N–H and O–H groups in total. The van der Waals surface area contributed by atoms with Crippen molar-refractivity contribution in [2.45, 2.75) is 52.4 Å². The maximum atomic E-state index is 12.6. The SMILES string of the molecule is CCCCN(CC(=O)Nc1cc(C(C)(C)C)nn1C)C(=O)Cc1cccs1. The molecule has 0 unspecified atom stereocenters. The van der Waals surface area contributed by atoms with Gasteiger partial charge in [0.25, 0.3) is 0 Å². The summed E-state index contributed by atoms with van der Waals surface area (Å²) in [5, 5.41) is 9.32. The summed E-state index contributed by atoms with van der Waals surface area (Å²) in [7, 11) is 1.81. The number of thiophene rings is 1. The summed E-state index contributed by atoms with van der Waals surface area (Å²) in [5.74, 6) is 0.432. The number of amides is 2. The van der Waals surface area contributed by atoms with Gasteiger partial charge in [0.05, 0.1) is 18.7 Å². The third-order valence-corrected chi connectivity index (χ3v) is 5.17. The van der Waals surface area contributed by atoms with E-state index in [1.165, 1.54) is 0 Å². The van der Waals surface area contributed by atoms with Crippen LogP contribution in [-0.2, 0) is 28.5 Å². The zero-order valence-corrected chi connectivity index (χ0v) is 17.7. The first-order chi connectivity index (χ1) is 12.7. The van der Waals surface area contributed by atoms with Crippen molar-refractivity contribution in [3.05, 3.63) is 34.2 Å². The number of rotatable bonds is 8. The average Bonchev–Trinajstić information content (AvgIpc) is 3.21. The Morgan fingerprint density at radius 2 is 2.07 bits per heavy atom. The second-order valence-corrected chi connectivity index (χ2v) is 8.79. The zero-order valence-electron chi connectivity index (χ0n) is 16.9. The minimum atomic E-state index is -0.200. The van der Waals surface area contributed by atoms with Crippen molar-refractivity contribution >= 4 is 29.0 Å². The first kappa shape index (κ1) is 21.2. The average molecular weight is 391 g/mol. The first-order valence-electron chi connectivity index (χ1n) is 9.35. The molecule has 6 nitrogen and oxygen atoms in total. The lowest BCUT2D eigenvalue weighted by molar-refractivity contribution is -0.134. The van der Waals surface area contributed by atoms with Gasteiger partial charge >= 0.3 is 0 Å². The molecule has 0 bridgehead atoms. The van der Waals surface area contributed by atoms with Gasteiger partial charge in [-0.25, -0.2) is 0 Å². The van der Waals surface area contributed by atoms with Crippen molar-refractivity contribution in [2.24, 2.45) is 7.05 Å². The Kier molecular flexibility index (Phi) is 7.18. The number of carbonyl (C=O) groups is 2. The lowest BCUT2D eigenvalue weighted by atomic mass is 9.92. The van der Waals surface area contributed by atoms with Crippen LogP contribution in [0.15, 0.2) is 23.6 Å². The maximum Gasteiger partial charge on any atom is 0.245 e. The Balaban J connectivity index is 2.02. The summed E-state index contributed by atoms with van der Waals surface area (Å²) in [6, 6.07) is 5.78. The summed E-state index contributed by atoms with van der Waals surface area (Å²) in [6.07, 6.45) is 2.19. The Morgan fingerprint density at radius 1 is 1.33 bits per heavy atom. The predicted octanol–water partition coefficient (Wildman–Crippen LogP) is 3.59. The molecule has 2 aromatic heterocycles. The van der Waals surface area contributed by atoms with Crippen molar-refractivity contribution in [2.75, 3.05) is 18.4 Å². The van der Waals surface area contributed by atoms with Gasteiger partial charge in [-0.3, -0.25) is 14.3 Å². The summed E-state index contributed by atoms with van der Waals surface area (Å²) >= 11 is 1.56. The molecule has 0 spiro atoms. The number of anilines is 1. The second kappa shape index (κ2) is 9.17. The molecular formula is C20H30N4O2S. The quantitative estimate of drug-likeness (QED) is 0.749. The molecule has 7 heteroatoms. The minimum Gasteiger partial charge on any atom is -0.333 e. The predicted molar refractivity (Wildman–Crippen MR) is 110 cm³/mol. The Hall–Kier alpha value is -2.15. The molecule has 27 heavy (non-hydrogen) atoms. The molecule has 0 aromatic carbocycles. The van der Waals surface area contributed by atoms with Crippen molar-refractivity contribution in [3.63, 3.8) is 0 Å². The van der Waals surface area contributed by atoms with E-state index in [1.54, 1.807) is 20.9 Å². The van der Waals surface area contributed by atoms with Gasteiger partial charge in [0.1, 0.15) is 5.82 Å². The van der Waals surface area contributed by atoms with Crippen molar-refractivity contribution in [1.82, 2.24) is 14.7 Å². The second-order valence-electron chi connectivity index (χ2n) is 7.76. The van der Waals surface area contributed by atoms with Gasteiger partial charge in [0.15, 0.2) is 0 Å². The van der Waals surface area contributed by atoms with Gasteiger partial charge in [0, 0.05) is 30.0 Å². The van der Waals surface area contributed by atoms with Crippen LogP contribution in [0.25, 0.3) is 0 Å². The monoisotopic (exact) mass is 390 g/mol. The van der Waals surface area contributed by atoms with E-state index in [4.69, 9.17) is 0 Å². The van der Waals surface area contributed by atoms with E-state index < -0.39 is 0 Å². The highest BCUT2D eigenvalue weighted by molar-refractivity contribution is 7.10. The third kappa shape index (κ3) is 6.20. The lowest BCUT2D eigenvalue weighted by Crippen LogP contribution is -2.39. The molecule has 0 radical (unpaired) electrons. The van der Waals surface area contributed by atoms with E-state index in [2.05, 4.69) is 38.1 Å². The molecule has 0 saturated carbocycles. The number of hydrogen-bond donors (Lipinski definition) is 1. The van der Waals surface area contributed by atoms with Crippen LogP contribution >= 0.6 is 11.3 Å². The molecule has 0 saturated heterocycles. The van der Waals surface area contributed by atoms with Gasteiger partial charge in [-0.05, 0) is 17.9 Å². The Labute approximate surface area is 165 Å². The van der Waals surface area contributed by atoms with Crippen LogP contribution < -0.4 is 5.32 Å². The van der Waals surface area contributed by atoms with E-state index in [1.807, 2.05) is 30.6 Å². The smallest absolute Gasteiger partial charge is 0.245 e. The molecule has 2 rings (SSSR count). The standard InChI is InChI=1S/C20H30N4O2S/c1-6-7-10-24(19(26)12-15-9-8-11-27-15)14-18(25)21-17-13-16(20(2,3)4)22-23(17)5/h8-9,11,13H,6-7,10,12,14H2,1-5H3,(H,21,25). The molecule has 148 valence electrons. The number of nitrogens with zero attached hydrogens (tertiary/aromatic N) is 3. The lowest BCUT2D eigenvalue weighted by Gasteiger charge is -2.22. The van der Waals surface area contributed by atoms with Gasteiger partial charge < -0.3 is 10.2 Å². The largest absolute Gasteiger partial charge is 0.333 e. The van der Waals surface area contributed by atoms with Crippen LogP contribution in [0.2, 0.25) is 0 Å². The molecule has 2 aromatic rings. The van der Waals surface area contributed by atoms with Gasteiger partial charge in [0.2, 0.25) is 11.8 Å². The van der Waals surface area contributed by atoms with Crippen LogP contribution in [0.1, 0.15) is 51.1 Å². The van der Waals surface area contributed by atoms with Crippen LogP contribution in [0.4, 0.5) is 5.82 Å². The molecule has 0 atom stereocenters. The number of aromatic nitrogens is 2. The fraction of sp³-hybridized carbons (Fsp3) is 0.550. The topological polar surface area (TPSA) is 67.2 Å². The number of unbranched alkanes of at least 4 members (excludes halogenated alkanes) is 1. The third-order valence-electron chi connectivity index (χ3n) is 4.29. The van der Waals surface area contributed by atoms with Crippen molar-refractivity contribution < 1.29 is 9.59 Å². The first-order valence-corrected chi connectivity index (χ1v) is 10.2. The highest BCUT2D eigenvalue weighted by Gasteiger charge is 2.21. The number of aryl methyl sites for hydroxylation is 1. The molecule has 0 fully saturated rings. The molecule has 0 aliphatic carbocycles. The van der Waals surface area contributed by atoms with Crippen LogP contribution in [0.3, 0.4) is 0 Å². The number of carbonyl (C=O) groups excluding carboxylic acids is 2. The summed E-state index contributed by atoms with van der Waals surface area (Å²) < 4.78 is 1.67. The van der Waals surface area contributed by atoms with Crippen molar-refractivity contribution in [1.29, 1.82) is 0 Å². The fourth-order valence-electron chi connectivity index (χ4n) is 2.62. The zero-order chi connectivity index (χ0) is 20.0. The van der Waals surface area contributed by atoms with Gasteiger partial charge in [-0.2, -0.15) is 5.10 Å². The normalized spacial score (nSPS) is 11.4. The highest BCUT2D eigenvalue weighted by atomic mass is 32.1. The molecular weight excluding hydrogens is 360 g/mol. The van der Waals surface area contributed by atoms with Crippen LogP contribution in [-0.4, -0.2) is 39.6 Å². The molecule has 0 aliphatic rings. The summed E-state index contributed by atoms with van der Waals surface area (Å²) in [5.41, 5.74) is 0.821. The Morgan fingerprint density at radius 3 is 2.63 bits per heavy atom. The molecule has 0 aliphatic heterocycles. The molecule has 2 heterocycles.